The number of hydrogen-bond donors (Lipinski definition) is 1. The Bertz CT molecular complexity index is 846. The lowest BCUT2D eigenvalue weighted by Crippen LogP contribution is -2.15. The quantitative estimate of drug-likeness (QED) is 0.494. The molecule has 0 bridgehead atoms. The fourth-order valence-corrected chi connectivity index (χ4v) is 3.03. The molecule has 4 heteroatoms. The fraction of sp³-hybridized carbons (Fsp3) is 0.136. The third-order valence-electron chi connectivity index (χ3n) is 4.19. The van der Waals surface area contributed by atoms with Crippen LogP contribution < -0.4 is 10.1 Å². The Morgan fingerprint density at radius 2 is 1.62 bits per heavy atom. The van der Waals surface area contributed by atoms with Gasteiger partial charge in [-0.25, -0.2) is 0 Å². The van der Waals surface area contributed by atoms with E-state index in [1.807, 2.05) is 78.9 Å². The first-order valence-electron chi connectivity index (χ1n) is 8.40. The molecule has 0 unspecified atom stereocenters. The van der Waals surface area contributed by atoms with Crippen molar-refractivity contribution in [1.29, 1.82) is 0 Å². The molecule has 3 aromatic carbocycles. The van der Waals surface area contributed by atoms with E-state index in [0.29, 0.717) is 12.0 Å². The summed E-state index contributed by atoms with van der Waals surface area (Å²) in [4.78, 5) is 12.8. The zero-order chi connectivity index (χ0) is 18.4. The molecule has 0 heterocycles. The number of methoxy groups -OCH3 is 1. The van der Waals surface area contributed by atoms with E-state index < -0.39 is 0 Å². The molecule has 0 aromatic heterocycles. The lowest BCUT2D eigenvalue weighted by Gasteiger charge is -2.20. The number of halogens is 1. The molecule has 3 nitrogen and oxygen atoms in total. The molecule has 1 atom stereocenters. The Morgan fingerprint density at radius 1 is 0.962 bits per heavy atom. The smallest absolute Gasteiger partial charge is 0.165 e. The number of Topliss-reactive ketones (excluding diaryl/α,β-unsaturated/α-hetero) is 1. The highest BCUT2D eigenvalue weighted by molar-refractivity contribution is 9.10. The van der Waals surface area contributed by atoms with Crippen LogP contribution in [0.2, 0.25) is 0 Å². The maximum atomic E-state index is 12.8. The van der Waals surface area contributed by atoms with Gasteiger partial charge >= 0.3 is 0 Å². The number of carbonyl (C=O) groups is 1. The SMILES string of the molecule is COc1ccc(C(=O)C[C@@H](Nc2ccccc2)c2ccc(Br)cc2)cc1. The summed E-state index contributed by atoms with van der Waals surface area (Å²) >= 11 is 3.46. The summed E-state index contributed by atoms with van der Waals surface area (Å²) in [6, 6.07) is 25.1. The molecular weight excluding hydrogens is 390 g/mol. The number of hydrogen-bond acceptors (Lipinski definition) is 3. The van der Waals surface area contributed by atoms with Crippen molar-refractivity contribution in [2.45, 2.75) is 12.5 Å². The number of rotatable bonds is 7. The van der Waals surface area contributed by atoms with Crippen LogP contribution in [0, 0.1) is 0 Å². The lowest BCUT2D eigenvalue weighted by atomic mass is 9.97. The average molecular weight is 410 g/mol. The Labute approximate surface area is 162 Å². The number of anilines is 1. The van der Waals surface area contributed by atoms with E-state index >= 15 is 0 Å². The first kappa shape index (κ1) is 18.2. The summed E-state index contributed by atoms with van der Waals surface area (Å²) in [5.74, 6) is 0.831. The molecule has 0 radical (unpaired) electrons. The number of ether oxygens (including phenoxy) is 1. The minimum Gasteiger partial charge on any atom is -0.497 e. The summed E-state index contributed by atoms with van der Waals surface area (Å²) in [6.07, 6.45) is 0.364. The van der Waals surface area contributed by atoms with Gasteiger partial charge in [0.25, 0.3) is 0 Å². The highest BCUT2D eigenvalue weighted by Crippen LogP contribution is 2.26. The molecule has 0 saturated heterocycles. The third-order valence-corrected chi connectivity index (χ3v) is 4.72. The summed E-state index contributed by atoms with van der Waals surface area (Å²) in [7, 11) is 1.62. The van der Waals surface area contributed by atoms with Crippen molar-refractivity contribution >= 4 is 27.4 Å². The molecule has 3 rings (SSSR count). The largest absolute Gasteiger partial charge is 0.497 e. The van der Waals surface area contributed by atoms with Crippen LogP contribution in [0.4, 0.5) is 5.69 Å². The third kappa shape index (κ3) is 4.73. The maximum absolute atomic E-state index is 12.8. The summed E-state index contributed by atoms with van der Waals surface area (Å²) in [6.45, 7) is 0. The van der Waals surface area contributed by atoms with Crippen LogP contribution in [-0.2, 0) is 0 Å². The summed E-state index contributed by atoms with van der Waals surface area (Å²) in [5, 5.41) is 3.48. The van der Waals surface area contributed by atoms with E-state index in [1.165, 1.54) is 0 Å². The number of nitrogens with one attached hydrogen (secondary N) is 1. The van der Waals surface area contributed by atoms with Crippen molar-refractivity contribution in [3.8, 4) is 5.75 Å². The predicted molar refractivity (Wildman–Crippen MR) is 109 cm³/mol. The topological polar surface area (TPSA) is 38.3 Å². The second-order valence-electron chi connectivity index (χ2n) is 5.97. The molecule has 132 valence electrons. The van der Waals surface area contributed by atoms with E-state index in [1.54, 1.807) is 7.11 Å². The predicted octanol–water partition coefficient (Wildman–Crippen LogP) is 5.88. The van der Waals surface area contributed by atoms with Crippen LogP contribution in [0.15, 0.2) is 83.3 Å². The zero-order valence-corrected chi connectivity index (χ0v) is 16.1. The van der Waals surface area contributed by atoms with Crippen molar-refractivity contribution in [1.82, 2.24) is 0 Å². The van der Waals surface area contributed by atoms with Crippen LogP contribution in [0.1, 0.15) is 28.4 Å². The van der Waals surface area contributed by atoms with E-state index in [4.69, 9.17) is 4.74 Å². The highest BCUT2D eigenvalue weighted by Gasteiger charge is 2.17. The summed E-state index contributed by atoms with van der Waals surface area (Å²) in [5.41, 5.74) is 2.74. The number of benzene rings is 3. The molecule has 1 N–H and O–H groups in total. The first-order chi connectivity index (χ1) is 12.7. The normalized spacial score (nSPS) is 11.6. The number of para-hydroxylation sites is 1. The Balaban J connectivity index is 1.82. The monoisotopic (exact) mass is 409 g/mol. The van der Waals surface area contributed by atoms with Crippen molar-refractivity contribution in [2.24, 2.45) is 0 Å². The average Bonchev–Trinajstić information content (AvgIpc) is 2.69. The summed E-state index contributed by atoms with van der Waals surface area (Å²) < 4.78 is 6.18. The number of ketones is 1. The van der Waals surface area contributed by atoms with E-state index in [2.05, 4.69) is 21.2 Å². The second kappa shape index (κ2) is 8.68. The maximum Gasteiger partial charge on any atom is 0.165 e. The van der Waals surface area contributed by atoms with Gasteiger partial charge in [-0.3, -0.25) is 4.79 Å². The van der Waals surface area contributed by atoms with E-state index in [0.717, 1.165) is 21.5 Å². The first-order valence-corrected chi connectivity index (χ1v) is 9.19. The van der Waals surface area contributed by atoms with Gasteiger partial charge in [0.05, 0.1) is 13.2 Å². The lowest BCUT2D eigenvalue weighted by molar-refractivity contribution is 0.0976. The van der Waals surface area contributed by atoms with Crippen LogP contribution in [0.25, 0.3) is 0 Å². The molecule has 0 fully saturated rings. The zero-order valence-electron chi connectivity index (χ0n) is 14.5. The van der Waals surface area contributed by atoms with Crippen molar-refractivity contribution in [3.63, 3.8) is 0 Å². The molecule has 3 aromatic rings. The van der Waals surface area contributed by atoms with Gasteiger partial charge in [-0.1, -0.05) is 46.3 Å². The molecule has 26 heavy (non-hydrogen) atoms. The highest BCUT2D eigenvalue weighted by atomic mass is 79.9. The van der Waals surface area contributed by atoms with Gasteiger partial charge in [-0.15, -0.1) is 0 Å². The Hall–Kier alpha value is -2.59. The number of carbonyl (C=O) groups excluding carboxylic acids is 1. The van der Waals surface area contributed by atoms with E-state index in [-0.39, 0.29) is 11.8 Å². The van der Waals surface area contributed by atoms with Gasteiger partial charge in [0.2, 0.25) is 0 Å². The molecule has 0 saturated carbocycles. The molecular formula is C22H20BrNO2. The Morgan fingerprint density at radius 3 is 2.23 bits per heavy atom. The second-order valence-corrected chi connectivity index (χ2v) is 6.89. The standard InChI is InChI=1S/C22H20BrNO2/c1-26-20-13-9-17(10-14-20)22(25)15-21(16-7-11-18(23)12-8-16)24-19-5-3-2-4-6-19/h2-14,21,24H,15H2,1H3/t21-/m1/s1. The van der Waals surface area contributed by atoms with Crippen molar-refractivity contribution < 1.29 is 9.53 Å². The van der Waals surface area contributed by atoms with Gasteiger partial charge in [0.15, 0.2) is 5.78 Å². The minimum atomic E-state index is -0.111. The molecule has 0 spiro atoms. The van der Waals surface area contributed by atoms with Gasteiger partial charge in [-0.05, 0) is 54.1 Å². The molecule has 0 aliphatic carbocycles. The Kier molecular flexibility index (Phi) is 6.08. The van der Waals surface area contributed by atoms with Crippen LogP contribution in [-0.4, -0.2) is 12.9 Å². The van der Waals surface area contributed by atoms with Gasteiger partial charge in [0, 0.05) is 22.1 Å². The van der Waals surface area contributed by atoms with Gasteiger partial charge in [-0.2, -0.15) is 0 Å². The fourth-order valence-electron chi connectivity index (χ4n) is 2.76. The molecule has 0 aliphatic heterocycles. The van der Waals surface area contributed by atoms with Crippen LogP contribution >= 0.6 is 15.9 Å². The van der Waals surface area contributed by atoms with Crippen LogP contribution in [0.5, 0.6) is 5.75 Å². The van der Waals surface area contributed by atoms with Gasteiger partial charge in [0.1, 0.15) is 5.75 Å². The van der Waals surface area contributed by atoms with Crippen molar-refractivity contribution in [3.05, 3.63) is 94.5 Å². The van der Waals surface area contributed by atoms with Gasteiger partial charge < -0.3 is 10.1 Å². The molecule has 0 aliphatic rings. The van der Waals surface area contributed by atoms with Crippen molar-refractivity contribution in [2.75, 3.05) is 12.4 Å². The minimum absolute atomic E-state index is 0.0870. The van der Waals surface area contributed by atoms with Crippen LogP contribution in [0.3, 0.4) is 0 Å². The van der Waals surface area contributed by atoms with E-state index in [9.17, 15) is 4.79 Å². The molecule has 0 amide bonds.